The molecule has 0 fully saturated rings. The van der Waals surface area contributed by atoms with E-state index >= 15 is 0 Å². The molecule has 0 saturated heterocycles. The van der Waals surface area contributed by atoms with E-state index < -0.39 is 11.4 Å². The number of carbonyl (C=O) groups is 2. The standard InChI is InChI=1S/C13H16ClNO3/c1-13(2,12(17)18)7-8-15-11(16)9-5-3-4-6-10(9)14/h3-6H,7-8H2,1-2H3,(H,15,16)(H,17,18). The Morgan fingerprint density at radius 3 is 2.50 bits per heavy atom. The Labute approximate surface area is 111 Å². The zero-order chi connectivity index (χ0) is 13.8. The van der Waals surface area contributed by atoms with Crippen molar-refractivity contribution >= 4 is 23.5 Å². The predicted molar refractivity (Wildman–Crippen MR) is 69.8 cm³/mol. The minimum Gasteiger partial charge on any atom is -0.481 e. The Bertz CT molecular complexity index is 457. The summed E-state index contributed by atoms with van der Waals surface area (Å²) in [5.41, 5.74) is -0.458. The topological polar surface area (TPSA) is 66.4 Å². The lowest BCUT2D eigenvalue weighted by Crippen LogP contribution is -2.32. The number of halogens is 1. The molecule has 2 N–H and O–H groups in total. The van der Waals surface area contributed by atoms with Gasteiger partial charge >= 0.3 is 5.97 Å². The Hall–Kier alpha value is -1.55. The molecule has 18 heavy (non-hydrogen) atoms. The molecule has 0 heterocycles. The lowest BCUT2D eigenvalue weighted by molar-refractivity contribution is -0.147. The molecular formula is C13H16ClNO3. The summed E-state index contributed by atoms with van der Waals surface area (Å²) in [6.07, 6.45) is 0.360. The number of amides is 1. The maximum Gasteiger partial charge on any atom is 0.309 e. The first-order valence-electron chi connectivity index (χ1n) is 5.61. The van der Waals surface area contributed by atoms with Crippen molar-refractivity contribution in [3.8, 4) is 0 Å². The van der Waals surface area contributed by atoms with Gasteiger partial charge in [-0.15, -0.1) is 0 Å². The first-order chi connectivity index (χ1) is 8.34. The zero-order valence-corrected chi connectivity index (χ0v) is 11.1. The Balaban J connectivity index is 2.53. The van der Waals surface area contributed by atoms with Crippen LogP contribution in [0, 0.1) is 5.41 Å². The van der Waals surface area contributed by atoms with E-state index in [2.05, 4.69) is 5.32 Å². The molecular weight excluding hydrogens is 254 g/mol. The van der Waals surface area contributed by atoms with E-state index in [-0.39, 0.29) is 5.91 Å². The second-order valence-corrected chi connectivity index (χ2v) is 5.08. The highest BCUT2D eigenvalue weighted by Gasteiger charge is 2.26. The quantitative estimate of drug-likeness (QED) is 0.863. The van der Waals surface area contributed by atoms with Crippen LogP contribution in [0.5, 0.6) is 0 Å². The van der Waals surface area contributed by atoms with Gasteiger partial charge in [0.05, 0.1) is 16.0 Å². The number of rotatable bonds is 5. The molecule has 5 heteroatoms. The molecule has 0 aliphatic rings. The summed E-state index contributed by atoms with van der Waals surface area (Å²) < 4.78 is 0. The number of carboxylic acid groups (broad SMARTS) is 1. The highest BCUT2D eigenvalue weighted by Crippen LogP contribution is 2.20. The fourth-order valence-corrected chi connectivity index (χ4v) is 1.56. The molecule has 1 rings (SSSR count). The molecule has 0 bridgehead atoms. The van der Waals surface area contributed by atoms with Crippen molar-refractivity contribution in [2.24, 2.45) is 5.41 Å². The average molecular weight is 270 g/mol. The number of nitrogens with one attached hydrogen (secondary N) is 1. The van der Waals surface area contributed by atoms with E-state index in [1.54, 1.807) is 38.1 Å². The molecule has 1 aromatic carbocycles. The van der Waals surface area contributed by atoms with Crippen LogP contribution in [-0.2, 0) is 4.79 Å². The number of benzene rings is 1. The number of aliphatic carboxylic acids is 1. The first kappa shape index (κ1) is 14.5. The first-order valence-corrected chi connectivity index (χ1v) is 5.98. The van der Waals surface area contributed by atoms with Crippen LogP contribution in [0.25, 0.3) is 0 Å². The fraction of sp³-hybridized carbons (Fsp3) is 0.385. The van der Waals surface area contributed by atoms with Crippen molar-refractivity contribution in [1.29, 1.82) is 0 Å². The summed E-state index contributed by atoms with van der Waals surface area (Å²) in [5, 5.41) is 12.0. The van der Waals surface area contributed by atoms with Gasteiger partial charge in [0.25, 0.3) is 5.91 Å². The van der Waals surface area contributed by atoms with E-state index in [0.29, 0.717) is 23.6 Å². The van der Waals surface area contributed by atoms with Gasteiger partial charge in [0, 0.05) is 6.54 Å². The predicted octanol–water partition coefficient (Wildman–Crippen LogP) is 2.57. The van der Waals surface area contributed by atoms with Gasteiger partial charge in [0.15, 0.2) is 0 Å². The Morgan fingerprint density at radius 2 is 1.94 bits per heavy atom. The van der Waals surface area contributed by atoms with Crippen LogP contribution >= 0.6 is 11.6 Å². The monoisotopic (exact) mass is 269 g/mol. The second kappa shape index (κ2) is 5.87. The third kappa shape index (κ3) is 3.74. The molecule has 4 nitrogen and oxygen atoms in total. The molecule has 98 valence electrons. The van der Waals surface area contributed by atoms with Crippen molar-refractivity contribution in [3.05, 3.63) is 34.9 Å². The van der Waals surface area contributed by atoms with Crippen LogP contribution < -0.4 is 5.32 Å². The molecule has 0 aliphatic carbocycles. The van der Waals surface area contributed by atoms with Gasteiger partial charge < -0.3 is 10.4 Å². The highest BCUT2D eigenvalue weighted by molar-refractivity contribution is 6.33. The minimum atomic E-state index is -0.880. The normalized spacial score (nSPS) is 11.1. The Kier molecular flexibility index (Phi) is 4.73. The lowest BCUT2D eigenvalue weighted by Gasteiger charge is -2.18. The third-order valence-corrected chi connectivity index (χ3v) is 3.06. The van der Waals surface area contributed by atoms with Crippen LogP contribution in [0.1, 0.15) is 30.6 Å². The second-order valence-electron chi connectivity index (χ2n) is 4.67. The van der Waals surface area contributed by atoms with E-state index in [4.69, 9.17) is 16.7 Å². The van der Waals surface area contributed by atoms with Crippen LogP contribution in [0.2, 0.25) is 5.02 Å². The number of hydrogen-bond acceptors (Lipinski definition) is 2. The minimum absolute atomic E-state index is 0.290. The summed E-state index contributed by atoms with van der Waals surface area (Å²) in [6, 6.07) is 6.73. The molecule has 0 aromatic heterocycles. The van der Waals surface area contributed by atoms with Crippen molar-refractivity contribution in [2.75, 3.05) is 6.54 Å². The van der Waals surface area contributed by atoms with Crippen LogP contribution in [0.4, 0.5) is 0 Å². The Morgan fingerprint density at radius 1 is 1.33 bits per heavy atom. The maximum absolute atomic E-state index is 11.8. The van der Waals surface area contributed by atoms with Gasteiger partial charge in [0.1, 0.15) is 0 Å². The van der Waals surface area contributed by atoms with E-state index in [9.17, 15) is 9.59 Å². The third-order valence-electron chi connectivity index (χ3n) is 2.73. The van der Waals surface area contributed by atoms with E-state index in [1.165, 1.54) is 0 Å². The molecule has 0 spiro atoms. The number of carboxylic acids is 1. The molecule has 1 aromatic rings. The molecule has 0 aliphatic heterocycles. The van der Waals surface area contributed by atoms with Gasteiger partial charge in [-0.2, -0.15) is 0 Å². The molecule has 0 saturated carbocycles. The molecule has 1 amide bonds. The smallest absolute Gasteiger partial charge is 0.309 e. The highest BCUT2D eigenvalue weighted by atomic mass is 35.5. The van der Waals surface area contributed by atoms with Gasteiger partial charge in [-0.25, -0.2) is 0 Å². The molecule has 0 radical (unpaired) electrons. The SMILES string of the molecule is CC(C)(CCNC(=O)c1ccccc1Cl)C(=O)O. The van der Waals surface area contributed by atoms with Gasteiger partial charge in [-0.05, 0) is 32.4 Å². The summed E-state index contributed by atoms with van der Waals surface area (Å²) >= 11 is 5.88. The zero-order valence-electron chi connectivity index (χ0n) is 10.4. The maximum atomic E-state index is 11.8. The van der Waals surface area contributed by atoms with E-state index in [1.807, 2.05) is 0 Å². The van der Waals surface area contributed by atoms with Gasteiger partial charge in [-0.1, -0.05) is 23.7 Å². The molecule has 0 atom stereocenters. The van der Waals surface area contributed by atoms with E-state index in [0.717, 1.165) is 0 Å². The number of hydrogen-bond donors (Lipinski definition) is 2. The van der Waals surface area contributed by atoms with Gasteiger partial charge in [-0.3, -0.25) is 9.59 Å². The summed E-state index contributed by atoms with van der Waals surface area (Å²) in [4.78, 5) is 22.7. The lowest BCUT2D eigenvalue weighted by atomic mass is 9.90. The summed E-state index contributed by atoms with van der Waals surface area (Å²) in [7, 11) is 0. The van der Waals surface area contributed by atoms with Crippen LogP contribution in [0.15, 0.2) is 24.3 Å². The molecule has 0 unspecified atom stereocenters. The fourth-order valence-electron chi connectivity index (χ4n) is 1.34. The van der Waals surface area contributed by atoms with Crippen molar-refractivity contribution in [1.82, 2.24) is 5.32 Å². The number of carbonyl (C=O) groups excluding carboxylic acids is 1. The van der Waals surface area contributed by atoms with Crippen molar-refractivity contribution < 1.29 is 14.7 Å². The van der Waals surface area contributed by atoms with Gasteiger partial charge in [0.2, 0.25) is 0 Å². The largest absolute Gasteiger partial charge is 0.481 e. The van der Waals surface area contributed by atoms with Crippen molar-refractivity contribution in [3.63, 3.8) is 0 Å². The average Bonchev–Trinajstić information content (AvgIpc) is 2.29. The van der Waals surface area contributed by atoms with Crippen LogP contribution in [0.3, 0.4) is 0 Å². The van der Waals surface area contributed by atoms with Crippen molar-refractivity contribution in [2.45, 2.75) is 20.3 Å². The van der Waals surface area contributed by atoms with Crippen LogP contribution in [-0.4, -0.2) is 23.5 Å². The summed E-state index contributed by atoms with van der Waals surface area (Å²) in [6.45, 7) is 3.54. The summed E-state index contributed by atoms with van der Waals surface area (Å²) in [5.74, 6) is -1.17.